The van der Waals surface area contributed by atoms with Gasteiger partial charge in [-0.2, -0.15) is 0 Å². The summed E-state index contributed by atoms with van der Waals surface area (Å²) in [6.07, 6.45) is 8.70. The molecule has 0 amide bonds. The number of unbranched alkanes of at least 4 members (excludes halogenated alkanes) is 1. The number of nitrogens with one attached hydrogen (secondary N) is 2. The van der Waals surface area contributed by atoms with Crippen molar-refractivity contribution < 1.29 is 18.9 Å². The standard InChI is InChI=1S/C24H26N4O4/c1-29-21-15-17(23-25-9-10-26-23)5-7-19(21)31-13-3-4-14-32-20-8-6-18(16-22(20)30-2)24-27-11-12-28-24/h5-12,15-16H,3-4,13-14H2,1-2H3,(H,25,26)(H,27,28). The van der Waals surface area contributed by atoms with Crippen molar-refractivity contribution in [3.05, 3.63) is 61.2 Å². The van der Waals surface area contributed by atoms with Crippen molar-refractivity contribution in [1.29, 1.82) is 0 Å². The minimum Gasteiger partial charge on any atom is -0.493 e. The monoisotopic (exact) mass is 434 g/mol. The van der Waals surface area contributed by atoms with Crippen LogP contribution >= 0.6 is 0 Å². The largest absolute Gasteiger partial charge is 0.493 e. The molecule has 8 heteroatoms. The minimum atomic E-state index is 0.564. The van der Waals surface area contributed by atoms with Crippen molar-refractivity contribution in [3.63, 3.8) is 0 Å². The Bertz CT molecular complexity index is 1020. The minimum absolute atomic E-state index is 0.564. The van der Waals surface area contributed by atoms with Crippen molar-refractivity contribution in [2.24, 2.45) is 0 Å². The van der Waals surface area contributed by atoms with Gasteiger partial charge < -0.3 is 28.9 Å². The maximum Gasteiger partial charge on any atom is 0.161 e. The van der Waals surface area contributed by atoms with Crippen LogP contribution in [0.4, 0.5) is 0 Å². The molecular formula is C24H26N4O4. The first-order valence-electron chi connectivity index (χ1n) is 10.4. The Morgan fingerprint density at radius 2 is 1.12 bits per heavy atom. The molecule has 2 aromatic carbocycles. The summed E-state index contributed by atoms with van der Waals surface area (Å²) in [5, 5.41) is 0. The first-order valence-corrected chi connectivity index (χ1v) is 10.4. The molecular weight excluding hydrogens is 408 g/mol. The van der Waals surface area contributed by atoms with Crippen LogP contribution in [0.25, 0.3) is 22.8 Å². The van der Waals surface area contributed by atoms with Gasteiger partial charge in [0.25, 0.3) is 0 Å². The van der Waals surface area contributed by atoms with Gasteiger partial charge in [-0.1, -0.05) is 0 Å². The van der Waals surface area contributed by atoms with Gasteiger partial charge in [-0.15, -0.1) is 0 Å². The molecule has 4 aromatic rings. The van der Waals surface area contributed by atoms with E-state index in [0.29, 0.717) is 36.2 Å². The molecule has 8 nitrogen and oxygen atoms in total. The van der Waals surface area contributed by atoms with Gasteiger partial charge in [0.05, 0.1) is 27.4 Å². The van der Waals surface area contributed by atoms with Crippen LogP contribution in [0.2, 0.25) is 0 Å². The van der Waals surface area contributed by atoms with Crippen molar-refractivity contribution in [1.82, 2.24) is 19.9 Å². The lowest BCUT2D eigenvalue weighted by Gasteiger charge is -2.13. The Labute approximate surface area is 186 Å². The molecule has 0 spiro atoms. The molecule has 0 aliphatic rings. The van der Waals surface area contributed by atoms with Crippen LogP contribution < -0.4 is 18.9 Å². The Morgan fingerprint density at radius 3 is 1.50 bits per heavy atom. The number of methoxy groups -OCH3 is 2. The summed E-state index contributed by atoms with van der Waals surface area (Å²) in [4.78, 5) is 14.7. The van der Waals surface area contributed by atoms with Gasteiger partial charge >= 0.3 is 0 Å². The highest BCUT2D eigenvalue weighted by Crippen LogP contribution is 2.32. The molecule has 0 bridgehead atoms. The first-order chi connectivity index (χ1) is 15.8. The topological polar surface area (TPSA) is 94.3 Å². The zero-order valence-electron chi connectivity index (χ0n) is 18.1. The zero-order chi connectivity index (χ0) is 22.2. The molecule has 0 aliphatic heterocycles. The van der Waals surface area contributed by atoms with E-state index in [1.54, 1.807) is 39.0 Å². The predicted molar refractivity (Wildman–Crippen MR) is 121 cm³/mol. The number of ether oxygens (including phenoxy) is 4. The molecule has 2 N–H and O–H groups in total. The van der Waals surface area contributed by atoms with Crippen LogP contribution in [0, 0.1) is 0 Å². The smallest absolute Gasteiger partial charge is 0.161 e. The van der Waals surface area contributed by atoms with E-state index in [1.807, 2.05) is 36.4 Å². The fourth-order valence-electron chi connectivity index (χ4n) is 3.28. The van der Waals surface area contributed by atoms with Gasteiger partial charge in [-0.3, -0.25) is 0 Å². The lowest BCUT2D eigenvalue weighted by atomic mass is 10.2. The quantitative estimate of drug-likeness (QED) is 0.332. The molecule has 2 aromatic heterocycles. The van der Waals surface area contributed by atoms with Crippen LogP contribution in [0.15, 0.2) is 61.2 Å². The van der Waals surface area contributed by atoms with E-state index in [1.165, 1.54) is 0 Å². The summed E-state index contributed by atoms with van der Waals surface area (Å²) in [6.45, 7) is 1.13. The van der Waals surface area contributed by atoms with Crippen molar-refractivity contribution in [2.75, 3.05) is 27.4 Å². The van der Waals surface area contributed by atoms with E-state index in [4.69, 9.17) is 18.9 Å². The van der Waals surface area contributed by atoms with Gasteiger partial charge in [-0.05, 0) is 49.2 Å². The molecule has 0 radical (unpaired) electrons. The number of aromatic nitrogens is 4. The van der Waals surface area contributed by atoms with Crippen molar-refractivity contribution in [3.8, 4) is 45.8 Å². The molecule has 4 rings (SSSR count). The number of H-pyrrole nitrogens is 2. The Hall–Kier alpha value is -3.94. The molecule has 0 fully saturated rings. The summed E-state index contributed by atoms with van der Waals surface area (Å²) in [7, 11) is 3.26. The summed E-state index contributed by atoms with van der Waals surface area (Å²) in [5.41, 5.74) is 1.89. The Kier molecular flexibility index (Phi) is 6.91. The number of benzene rings is 2. The highest BCUT2D eigenvalue weighted by atomic mass is 16.5. The molecule has 0 saturated heterocycles. The Morgan fingerprint density at radius 1 is 0.656 bits per heavy atom. The van der Waals surface area contributed by atoms with Crippen LogP contribution in [0.1, 0.15) is 12.8 Å². The van der Waals surface area contributed by atoms with E-state index in [-0.39, 0.29) is 0 Å². The van der Waals surface area contributed by atoms with Gasteiger partial charge in [-0.25, -0.2) is 9.97 Å². The maximum atomic E-state index is 5.91. The highest BCUT2D eigenvalue weighted by molar-refractivity contribution is 5.61. The lowest BCUT2D eigenvalue weighted by molar-refractivity contribution is 0.252. The van der Waals surface area contributed by atoms with E-state index in [2.05, 4.69) is 19.9 Å². The molecule has 166 valence electrons. The second-order valence-corrected chi connectivity index (χ2v) is 7.01. The summed E-state index contributed by atoms with van der Waals surface area (Å²) in [5.74, 6) is 4.35. The number of rotatable bonds is 11. The summed E-state index contributed by atoms with van der Waals surface area (Å²) < 4.78 is 22.8. The lowest BCUT2D eigenvalue weighted by Crippen LogP contribution is -2.04. The fraction of sp³-hybridized carbons (Fsp3) is 0.250. The molecule has 0 aliphatic carbocycles. The summed E-state index contributed by atoms with van der Waals surface area (Å²) in [6, 6.07) is 11.5. The van der Waals surface area contributed by atoms with E-state index < -0.39 is 0 Å². The van der Waals surface area contributed by atoms with E-state index in [0.717, 1.165) is 35.6 Å². The fourth-order valence-corrected chi connectivity index (χ4v) is 3.28. The highest BCUT2D eigenvalue weighted by Gasteiger charge is 2.10. The maximum absolute atomic E-state index is 5.91. The molecule has 2 heterocycles. The molecule has 0 saturated carbocycles. The van der Waals surface area contributed by atoms with E-state index >= 15 is 0 Å². The number of nitrogens with zero attached hydrogens (tertiary/aromatic N) is 2. The second kappa shape index (κ2) is 10.4. The number of aromatic amines is 2. The number of hydrogen-bond acceptors (Lipinski definition) is 6. The zero-order valence-corrected chi connectivity index (χ0v) is 18.1. The molecule has 0 unspecified atom stereocenters. The third-order valence-corrected chi connectivity index (χ3v) is 4.92. The second-order valence-electron chi connectivity index (χ2n) is 7.01. The SMILES string of the molecule is COc1cc(-c2ncc[nH]2)ccc1OCCCCOc1ccc(-c2ncc[nH]2)cc1OC. The average molecular weight is 434 g/mol. The van der Waals surface area contributed by atoms with Crippen molar-refractivity contribution in [2.45, 2.75) is 12.8 Å². The molecule has 0 atom stereocenters. The number of hydrogen-bond donors (Lipinski definition) is 2. The molecule has 32 heavy (non-hydrogen) atoms. The predicted octanol–water partition coefficient (Wildman–Crippen LogP) is 4.72. The van der Waals surface area contributed by atoms with Crippen LogP contribution in [0.3, 0.4) is 0 Å². The summed E-state index contributed by atoms with van der Waals surface area (Å²) >= 11 is 0. The normalized spacial score (nSPS) is 10.7. The Balaban J connectivity index is 1.25. The first kappa shape index (κ1) is 21.3. The third-order valence-electron chi connectivity index (χ3n) is 4.92. The number of imidazole rings is 2. The van der Waals surface area contributed by atoms with Gasteiger partial charge in [0.1, 0.15) is 11.6 Å². The third kappa shape index (κ3) is 5.03. The van der Waals surface area contributed by atoms with Crippen LogP contribution in [0.5, 0.6) is 23.0 Å². The average Bonchev–Trinajstić information content (AvgIpc) is 3.56. The van der Waals surface area contributed by atoms with Gasteiger partial charge in [0.2, 0.25) is 0 Å². The van der Waals surface area contributed by atoms with Gasteiger partial charge in [0, 0.05) is 35.9 Å². The van der Waals surface area contributed by atoms with E-state index in [9.17, 15) is 0 Å². The van der Waals surface area contributed by atoms with Crippen LogP contribution in [-0.2, 0) is 0 Å². The van der Waals surface area contributed by atoms with Gasteiger partial charge in [0.15, 0.2) is 23.0 Å². The van der Waals surface area contributed by atoms with Crippen molar-refractivity contribution >= 4 is 0 Å². The van der Waals surface area contributed by atoms with Crippen LogP contribution in [-0.4, -0.2) is 47.4 Å².